The van der Waals surface area contributed by atoms with E-state index in [0.717, 1.165) is 6.07 Å². The molecular formula is C22H21NO5. The molecule has 6 nitrogen and oxygen atoms in total. The lowest BCUT2D eigenvalue weighted by Gasteiger charge is -2.26. The van der Waals surface area contributed by atoms with Gasteiger partial charge in [0.15, 0.2) is 6.61 Å². The summed E-state index contributed by atoms with van der Waals surface area (Å²) in [6.07, 6.45) is 0. The van der Waals surface area contributed by atoms with Gasteiger partial charge in [0.05, 0.1) is 0 Å². The Balaban J connectivity index is 1.79. The molecular weight excluding hydrogens is 358 g/mol. The van der Waals surface area contributed by atoms with Crippen LogP contribution in [0.3, 0.4) is 0 Å². The predicted molar refractivity (Wildman–Crippen MR) is 107 cm³/mol. The zero-order valence-corrected chi connectivity index (χ0v) is 15.6. The number of aromatic hydroxyl groups is 2. The van der Waals surface area contributed by atoms with Gasteiger partial charge in [0, 0.05) is 22.5 Å². The molecule has 0 fully saturated rings. The molecule has 28 heavy (non-hydrogen) atoms. The van der Waals surface area contributed by atoms with Crippen LogP contribution in [-0.2, 0) is 9.53 Å². The van der Waals surface area contributed by atoms with Crippen LogP contribution >= 0.6 is 0 Å². The van der Waals surface area contributed by atoms with E-state index in [0.29, 0.717) is 16.5 Å². The molecule has 3 aromatic rings. The minimum absolute atomic E-state index is 0.133. The van der Waals surface area contributed by atoms with Crippen molar-refractivity contribution >= 4 is 28.3 Å². The van der Waals surface area contributed by atoms with Gasteiger partial charge in [0.25, 0.3) is 5.91 Å². The average Bonchev–Trinajstić information content (AvgIpc) is 2.69. The van der Waals surface area contributed by atoms with E-state index in [9.17, 15) is 19.8 Å². The molecule has 0 aromatic heterocycles. The summed E-state index contributed by atoms with van der Waals surface area (Å²) in [5.41, 5.74) is 0.504. The number of ether oxygens (including phenoxy) is 1. The summed E-state index contributed by atoms with van der Waals surface area (Å²) in [5.74, 6) is -1.72. The Labute approximate surface area is 162 Å². The van der Waals surface area contributed by atoms with Crippen LogP contribution in [-0.4, -0.2) is 34.7 Å². The molecule has 3 aromatic carbocycles. The highest BCUT2D eigenvalue weighted by molar-refractivity contribution is 6.04. The highest BCUT2D eigenvalue weighted by Gasteiger charge is 2.23. The molecule has 0 saturated heterocycles. The number of rotatable bonds is 5. The van der Waals surface area contributed by atoms with Crippen molar-refractivity contribution in [3.63, 3.8) is 0 Å². The standard InChI is InChI=1S/C22H21NO5/c1-14(2)23(15-8-4-3-5-9-15)20(25)13-28-22(27)18-12-19(24)16-10-6-7-11-17(16)21(18)26/h3-12,14,24,26H,13H2,1-2H3. The molecule has 6 heteroatoms. The number of phenolic OH excluding ortho intramolecular Hbond substituents is 2. The third kappa shape index (κ3) is 3.76. The molecule has 0 bridgehead atoms. The fraction of sp³-hybridized carbons (Fsp3) is 0.182. The van der Waals surface area contributed by atoms with Crippen LogP contribution in [0.5, 0.6) is 11.5 Å². The monoisotopic (exact) mass is 379 g/mol. The molecule has 0 aliphatic carbocycles. The average molecular weight is 379 g/mol. The molecule has 0 spiro atoms. The Bertz CT molecular complexity index is 1010. The lowest BCUT2D eigenvalue weighted by molar-refractivity contribution is -0.122. The number of esters is 1. The number of para-hydroxylation sites is 1. The third-order valence-electron chi connectivity index (χ3n) is 4.36. The lowest BCUT2D eigenvalue weighted by atomic mass is 10.0. The summed E-state index contributed by atoms with van der Waals surface area (Å²) < 4.78 is 5.13. The van der Waals surface area contributed by atoms with Gasteiger partial charge in [0.2, 0.25) is 0 Å². The van der Waals surface area contributed by atoms with Crippen molar-refractivity contribution in [1.29, 1.82) is 0 Å². The van der Waals surface area contributed by atoms with Gasteiger partial charge in [-0.05, 0) is 32.0 Å². The van der Waals surface area contributed by atoms with Gasteiger partial charge in [-0.3, -0.25) is 4.79 Å². The lowest BCUT2D eigenvalue weighted by Crippen LogP contribution is -2.39. The van der Waals surface area contributed by atoms with Crippen molar-refractivity contribution in [1.82, 2.24) is 0 Å². The minimum atomic E-state index is -0.885. The highest BCUT2D eigenvalue weighted by atomic mass is 16.5. The summed E-state index contributed by atoms with van der Waals surface area (Å²) in [7, 11) is 0. The number of carbonyl (C=O) groups is 2. The number of hydrogen-bond donors (Lipinski definition) is 2. The van der Waals surface area contributed by atoms with Crippen LogP contribution in [0.2, 0.25) is 0 Å². The zero-order chi connectivity index (χ0) is 20.3. The maximum Gasteiger partial charge on any atom is 0.342 e. The van der Waals surface area contributed by atoms with Crippen molar-refractivity contribution in [2.75, 3.05) is 11.5 Å². The van der Waals surface area contributed by atoms with Crippen LogP contribution in [0, 0.1) is 0 Å². The van der Waals surface area contributed by atoms with E-state index in [2.05, 4.69) is 0 Å². The van der Waals surface area contributed by atoms with Crippen LogP contribution in [0.25, 0.3) is 10.8 Å². The minimum Gasteiger partial charge on any atom is -0.507 e. The molecule has 0 aliphatic rings. The molecule has 1 amide bonds. The molecule has 144 valence electrons. The first-order valence-corrected chi connectivity index (χ1v) is 8.88. The smallest absolute Gasteiger partial charge is 0.342 e. The van der Waals surface area contributed by atoms with Gasteiger partial charge in [-0.15, -0.1) is 0 Å². The molecule has 2 N–H and O–H groups in total. The largest absolute Gasteiger partial charge is 0.507 e. The van der Waals surface area contributed by atoms with E-state index in [1.165, 1.54) is 4.90 Å². The zero-order valence-electron chi connectivity index (χ0n) is 15.6. The number of carbonyl (C=O) groups excluding carboxylic acids is 2. The summed E-state index contributed by atoms with van der Waals surface area (Å²) >= 11 is 0. The Hall–Kier alpha value is -3.54. The molecule has 0 heterocycles. The maximum atomic E-state index is 12.6. The molecule has 0 unspecified atom stereocenters. The van der Waals surface area contributed by atoms with Crippen molar-refractivity contribution in [2.45, 2.75) is 19.9 Å². The summed E-state index contributed by atoms with van der Waals surface area (Å²) in [4.78, 5) is 26.6. The second-order valence-corrected chi connectivity index (χ2v) is 6.61. The number of phenols is 2. The first kappa shape index (κ1) is 19.2. The first-order valence-electron chi connectivity index (χ1n) is 8.88. The number of anilines is 1. The van der Waals surface area contributed by atoms with Crippen LogP contribution in [0.1, 0.15) is 24.2 Å². The first-order chi connectivity index (χ1) is 13.4. The SMILES string of the molecule is CC(C)N(C(=O)COC(=O)c1cc(O)c2ccccc2c1O)c1ccccc1. The van der Waals surface area contributed by atoms with Crippen LogP contribution < -0.4 is 4.90 Å². The van der Waals surface area contributed by atoms with Crippen LogP contribution in [0.4, 0.5) is 5.69 Å². The Morgan fingerprint density at radius 2 is 1.57 bits per heavy atom. The van der Waals surface area contributed by atoms with Gasteiger partial charge in [-0.25, -0.2) is 4.79 Å². The molecule has 0 radical (unpaired) electrons. The normalized spacial score (nSPS) is 10.8. The quantitative estimate of drug-likeness (QED) is 0.519. The van der Waals surface area contributed by atoms with E-state index in [4.69, 9.17) is 4.74 Å². The van der Waals surface area contributed by atoms with E-state index >= 15 is 0 Å². The predicted octanol–water partition coefficient (Wildman–Crippen LogP) is 3.85. The number of benzene rings is 3. The summed E-state index contributed by atoms with van der Waals surface area (Å²) in [5, 5.41) is 21.2. The van der Waals surface area contributed by atoms with E-state index in [-0.39, 0.29) is 29.0 Å². The molecule has 3 rings (SSSR count). The van der Waals surface area contributed by atoms with Crippen molar-refractivity contribution < 1.29 is 24.5 Å². The third-order valence-corrected chi connectivity index (χ3v) is 4.36. The van der Waals surface area contributed by atoms with Crippen LogP contribution in [0.15, 0.2) is 60.7 Å². The van der Waals surface area contributed by atoms with Gasteiger partial charge < -0.3 is 19.8 Å². The fourth-order valence-electron chi connectivity index (χ4n) is 3.09. The van der Waals surface area contributed by atoms with Crippen molar-refractivity contribution in [2.24, 2.45) is 0 Å². The molecule has 0 saturated carbocycles. The summed E-state index contributed by atoms with van der Waals surface area (Å²) in [6, 6.07) is 16.7. The van der Waals surface area contributed by atoms with Gasteiger partial charge in [-0.1, -0.05) is 42.5 Å². The highest BCUT2D eigenvalue weighted by Crippen LogP contribution is 2.35. The van der Waals surface area contributed by atoms with Crippen molar-refractivity contribution in [3.05, 3.63) is 66.2 Å². The second kappa shape index (κ2) is 8.00. The van der Waals surface area contributed by atoms with Gasteiger partial charge in [0.1, 0.15) is 17.1 Å². The number of nitrogens with zero attached hydrogens (tertiary/aromatic N) is 1. The summed E-state index contributed by atoms with van der Waals surface area (Å²) in [6.45, 7) is 3.23. The van der Waals surface area contributed by atoms with Gasteiger partial charge >= 0.3 is 5.97 Å². The van der Waals surface area contributed by atoms with E-state index in [1.54, 1.807) is 36.4 Å². The molecule has 0 aliphatic heterocycles. The number of fused-ring (bicyclic) bond motifs is 1. The number of amides is 1. The van der Waals surface area contributed by atoms with Crippen molar-refractivity contribution in [3.8, 4) is 11.5 Å². The Morgan fingerprint density at radius 1 is 0.964 bits per heavy atom. The second-order valence-electron chi connectivity index (χ2n) is 6.61. The topological polar surface area (TPSA) is 87.1 Å². The molecule has 0 atom stereocenters. The fourth-order valence-corrected chi connectivity index (χ4v) is 3.09. The maximum absolute atomic E-state index is 12.6. The van der Waals surface area contributed by atoms with Gasteiger partial charge in [-0.2, -0.15) is 0 Å². The Kier molecular flexibility index (Phi) is 5.49. The number of hydrogen-bond acceptors (Lipinski definition) is 5. The van der Waals surface area contributed by atoms with E-state index < -0.39 is 12.6 Å². The Morgan fingerprint density at radius 3 is 2.21 bits per heavy atom. The van der Waals surface area contributed by atoms with E-state index in [1.807, 2.05) is 32.0 Å².